The Morgan fingerprint density at radius 2 is 0.837 bits per heavy atom. The number of fused-ring (bicyclic) bond motifs is 1. The van der Waals surface area contributed by atoms with Crippen LogP contribution in [0.15, 0.2) is 60.8 Å². The summed E-state index contributed by atoms with van der Waals surface area (Å²) in [5.74, 6) is -16.4. The van der Waals surface area contributed by atoms with E-state index in [-0.39, 0.29) is 70.0 Å². The molecule has 36 heteroatoms. The van der Waals surface area contributed by atoms with E-state index in [9.17, 15) is 92.3 Å². The molecule has 24 N–H and O–H groups in total. The minimum absolute atomic E-state index is 0.0735. The molecule has 1 heterocycles. The van der Waals surface area contributed by atoms with Crippen molar-refractivity contribution < 1.29 is 92.3 Å². The van der Waals surface area contributed by atoms with E-state index >= 15 is 0 Å². The first-order chi connectivity index (χ1) is 49.3. The Hall–Kier alpha value is -10.2. The number of aliphatic hydroxyl groups is 2. The number of aromatic nitrogens is 1. The molecule has 0 saturated heterocycles. The summed E-state index contributed by atoms with van der Waals surface area (Å²) in [6.07, 6.45) is 0.107. The van der Waals surface area contributed by atoms with Crippen molar-refractivity contribution in [1.29, 1.82) is 0 Å². The van der Waals surface area contributed by atoms with Crippen molar-refractivity contribution in [3.05, 3.63) is 71.9 Å². The average molecular weight is 1460 g/mol. The molecule has 0 radical (unpaired) electrons. The highest BCUT2D eigenvalue weighted by atomic mass is 16.4. The highest BCUT2D eigenvalue weighted by Gasteiger charge is 2.38. The van der Waals surface area contributed by atoms with E-state index in [1.165, 1.54) is 6.92 Å². The lowest BCUT2D eigenvalue weighted by atomic mass is 9.96. The van der Waals surface area contributed by atoms with Crippen LogP contribution in [-0.2, 0) is 84.8 Å². The first kappa shape index (κ1) is 88.0. The number of carboxylic acid groups (broad SMARTS) is 2. The Balaban J connectivity index is 1.87. The van der Waals surface area contributed by atoms with Gasteiger partial charge in [-0.2, -0.15) is 0 Å². The molecule has 0 fully saturated rings. The Morgan fingerprint density at radius 1 is 0.423 bits per heavy atom. The molecule has 3 aromatic rings. The summed E-state index contributed by atoms with van der Waals surface area (Å²) < 4.78 is 0. The molecule has 0 unspecified atom stereocenters. The number of amides is 13. The van der Waals surface area contributed by atoms with Gasteiger partial charge < -0.3 is 112 Å². The number of para-hydroxylation sites is 1. The lowest BCUT2D eigenvalue weighted by Crippen LogP contribution is -2.62. The summed E-state index contributed by atoms with van der Waals surface area (Å²) in [5.41, 5.74) is 19.1. The number of rotatable bonds is 47. The Kier molecular flexibility index (Phi) is 38.1. The largest absolute Gasteiger partial charge is 0.481 e. The van der Waals surface area contributed by atoms with Crippen LogP contribution in [0.4, 0.5) is 0 Å². The zero-order valence-corrected chi connectivity index (χ0v) is 59.9. The molecule has 0 saturated carbocycles. The fourth-order valence-electron chi connectivity index (χ4n) is 10.6. The van der Waals surface area contributed by atoms with E-state index in [4.69, 9.17) is 17.2 Å². The van der Waals surface area contributed by atoms with Crippen LogP contribution in [0.3, 0.4) is 0 Å². The van der Waals surface area contributed by atoms with Crippen molar-refractivity contribution in [3.8, 4) is 0 Å². The van der Waals surface area contributed by atoms with E-state index in [1.807, 2.05) is 0 Å². The standard InChI is InChI=1S/C68H105N17O19/c1-9-16-51(88)83-54(35(3)4)65(100)79-44(23-26-69)57(92)73-32-52(89)75-49(33-86)63(98)81-48(30-40-31-72-42-20-15-14-19-41(40)42)62(97)82-50(34-87)64(99)78-45(24-27-70)58(93)77-46(25-28-71)59(94)80-47(29-39-17-12-11-13-18-39)61(96)76-43(21-22-53(90)91)60(95)84-55(36(5)6)66(101)85-56(37(7)10-2)67(102)74-38(8)68(103)104/h11-15,17-20,31,35-38,43-50,54-56,72,86-87H,9-10,16,21-30,32-34,69-71H2,1-8H3,(H,73,92)(H,74,102)(H,75,89)(H,76,96)(H,77,93)(H,78,99)(H,79,100)(H,80,94)(H,81,98)(H,82,97)(H,83,88)(H,84,95)(H,85,101)(H,90,91)(H,103,104)/t37-,38-,43-,44+,45-,46+,47-,48+,49+,50-,54+,55-,56+/m0/s1. The number of carbonyl (C=O) groups is 15. The molecule has 3 rings (SSSR count). The number of nitrogens with two attached hydrogens (primary N) is 3. The number of H-pyrrole nitrogens is 1. The smallest absolute Gasteiger partial charge is 0.325 e. The van der Waals surface area contributed by atoms with Crippen LogP contribution in [0.1, 0.15) is 118 Å². The van der Waals surface area contributed by atoms with Gasteiger partial charge in [-0.15, -0.1) is 0 Å². The number of aliphatic hydroxyl groups excluding tert-OH is 2. The first-order valence-corrected chi connectivity index (χ1v) is 34.5. The average Bonchev–Trinajstić information content (AvgIpc) is 1.63. The van der Waals surface area contributed by atoms with Crippen LogP contribution in [0, 0.1) is 17.8 Å². The summed E-state index contributed by atoms with van der Waals surface area (Å²) >= 11 is 0. The zero-order chi connectivity index (χ0) is 77.9. The van der Waals surface area contributed by atoms with Gasteiger partial charge in [0.1, 0.15) is 72.5 Å². The van der Waals surface area contributed by atoms with Gasteiger partial charge in [-0.25, -0.2) is 0 Å². The fraction of sp³-hybridized carbons (Fsp3) is 0.574. The summed E-state index contributed by atoms with van der Waals surface area (Å²) in [6, 6.07) is -2.93. The maximum atomic E-state index is 14.5. The number of hydrogen-bond donors (Lipinski definition) is 21. The highest BCUT2D eigenvalue weighted by Crippen LogP contribution is 2.20. The van der Waals surface area contributed by atoms with Gasteiger partial charge in [-0.1, -0.05) is 103 Å². The lowest BCUT2D eigenvalue weighted by molar-refractivity contribution is -0.142. The zero-order valence-electron chi connectivity index (χ0n) is 59.9. The van der Waals surface area contributed by atoms with Crippen LogP contribution in [-0.4, -0.2) is 226 Å². The van der Waals surface area contributed by atoms with Gasteiger partial charge in [-0.3, -0.25) is 71.9 Å². The van der Waals surface area contributed by atoms with E-state index in [1.54, 1.807) is 109 Å². The molecule has 1 aromatic heterocycles. The van der Waals surface area contributed by atoms with Gasteiger partial charge in [0.15, 0.2) is 0 Å². The van der Waals surface area contributed by atoms with Crippen molar-refractivity contribution in [3.63, 3.8) is 0 Å². The Labute approximate surface area is 602 Å². The van der Waals surface area contributed by atoms with Crippen LogP contribution in [0.25, 0.3) is 10.9 Å². The lowest BCUT2D eigenvalue weighted by Gasteiger charge is -2.30. The second-order valence-corrected chi connectivity index (χ2v) is 25.8. The molecule has 0 aliphatic heterocycles. The summed E-state index contributed by atoms with van der Waals surface area (Å²) in [5, 5.41) is 72.7. The van der Waals surface area contributed by atoms with E-state index < -0.39 is 200 Å². The third kappa shape index (κ3) is 28.9. The number of carboxylic acids is 2. The molecule has 36 nitrogen and oxygen atoms in total. The molecule has 0 bridgehead atoms. The van der Waals surface area contributed by atoms with Crippen molar-refractivity contribution in [2.75, 3.05) is 39.4 Å². The monoisotopic (exact) mass is 1460 g/mol. The second kappa shape index (κ2) is 45.0. The molecule has 576 valence electrons. The van der Waals surface area contributed by atoms with Gasteiger partial charge in [0.05, 0.1) is 19.8 Å². The van der Waals surface area contributed by atoms with Gasteiger partial charge in [-0.05, 0) is 93.6 Å². The second-order valence-electron chi connectivity index (χ2n) is 25.8. The molecule has 0 aliphatic rings. The molecule has 2 aromatic carbocycles. The molecular formula is C68H105N17O19. The SMILES string of the molecule is CCCC(=O)N[C@@H](C(=O)N[C@H](CCN)C(=O)NCC(=O)N[C@H](CO)C(=O)N[C@H](Cc1c[nH]c2ccccc12)C(=O)N[C@@H](CO)C(=O)N[C@@H](CCN)C(=O)N[C@H](CCN)C(=O)N[C@@H](Cc1ccccc1)C(=O)N[C@@H](CCC(=O)O)C(=O)N[C@H](C(=O)N[C@@H](C(=O)N[C@@H](C)C(=O)O)[C@@H](C)CC)C(C)C)C(C)C. The maximum Gasteiger partial charge on any atom is 0.325 e. The van der Waals surface area contributed by atoms with Crippen molar-refractivity contribution in [2.45, 2.75) is 192 Å². The number of aromatic amines is 1. The molecule has 13 amide bonds. The maximum absolute atomic E-state index is 14.5. The quantitative estimate of drug-likeness (QED) is 0.0252. The molecule has 0 aliphatic carbocycles. The highest BCUT2D eigenvalue weighted by molar-refractivity contribution is 6.00. The van der Waals surface area contributed by atoms with Gasteiger partial charge >= 0.3 is 11.9 Å². The van der Waals surface area contributed by atoms with Gasteiger partial charge in [0, 0.05) is 42.8 Å². The van der Waals surface area contributed by atoms with Crippen LogP contribution in [0.5, 0.6) is 0 Å². The molecule has 13 atom stereocenters. The first-order valence-electron chi connectivity index (χ1n) is 34.5. The number of hydrogen-bond acceptors (Lipinski definition) is 20. The summed E-state index contributed by atoms with van der Waals surface area (Å²) in [4.78, 5) is 206. The van der Waals surface area contributed by atoms with E-state index in [0.717, 1.165) is 0 Å². The van der Waals surface area contributed by atoms with Crippen molar-refractivity contribution >= 4 is 99.6 Å². The van der Waals surface area contributed by atoms with Crippen molar-refractivity contribution in [1.82, 2.24) is 74.1 Å². The number of aliphatic carboxylic acids is 2. The Morgan fingerprint density at radius 3 is 1.34 bits per heavy atom. The summed E-state index contributed by atoms with van der Waals surface area (Å²) in [6.45, 7) is 9.36. The normalized spacial score (nSPS) is 15.0. The van der Waals surface area contributed by atoms with E-state index in [2.05, 4.69) is 74.1 Å². The number of carbonyl (C=O) groups excluding carboxylic acids is 13. The third-order valence-corrected chi connectivity index (χ3v) is 16.8. The third-order valence-electron chi connectivity index (χ3n) is 16.8. The van der Waals surface area contributed by atoms with E-state index in [0.29, 0.717) is 34.9 Å². The van der Waals surface area contributed by atoms with Crippen LogP contribution >= 0.6 is 0 Å². The predicted octanol–water partition coefficient (Wildman–Crippen LogP) is -4.95. The number of nitrogens with one attached hydrogen (secondary N) is 14. The predicted molar refractivity (Wildman–Crippen MR) is 378 cm³/mol. The number of benzene rings is 2. The molecule has 104 heavy (non-hydrogen) atoms. The topological polar surface area (TPSA) is 587 Å². The summed E-state index contributed by atoms with van der Waals surface area (Å²) in [7, 11) is 0. The minimum Gasteiger partial charge on any atom is -0.481 e. The molecular weight excluding hydrogens is 1360 g/mol. The van der Waals surface area contributed by atoms with Gasteiger partial charge in [0.25, 0.3) is 0 Å². The minimum atomic E-state index is -1.87. The molecule has 0 spiro atoms. The van der Waals surface area contributed by atoms with Crippen molar-refractivity contribution in [2.24, 2.45) is 35.0 Å². The van der Waals surface area contributed by atoms with Gasteiger partial charge in [0.2, 0.25) is 76.8 Å². The van der Waals surface area contributed by atoms with Crippen LogP contribution in [0.2, 0.25) is 0 Å². The van der Waals surface area contributed by atoms with Crippen LogP contribution < -0.4 is 86.3 Å². The fourth-order valence-corrected chi connectivity index (χ4v) is 10.6. The Bertz CT molecular complexity index is 3410.